The van der Waals surface area contributed by atoms with Gasteiger partial charge >= 0.3 is 0 Å². The van der Waals surface area contributed by atoms with Gasteiger partial charge in [-0.05, 0) is 56.2 Å². The molecule has 2 atom stereocenters. The molecule has 1 saturated carbocycles. The van der Waals surface area contributed by atoms with E-state index in [-0.39, 0.29) is 53.3 Å². The number of nitrogens with zero attached hydrogens (tertiary/aromatic N) is 1. The average Bonchev–Trinajstić information content (AvgIpc) is 3.29. The van der Waals surface area contributed by atoms with E-state index in [9.17, 15) is 12.8 Å². The highest BCUT2D eigenvalue weighted by atomic mass is 127. The summed E-state index contributed by atoms with van der Waals surface area (Å²) in [6, 6.07) is 5.57. The monoisotopic (exact) mass is 495 g/mol. The minimum Gasteiger partial charge on any atom is -0.354 e. The maximum atomic E-state index is 13.8. The number of rotatable bonds is 5. The van der Waals surface area contributed by atoms with Gasteiger partial charge in [0.05, 0.1) is 17.5 Å². The number of aryl methyl sites for hydroxylation is 1. The highest BCUT2D eigenvalue weighted by molar-refractivity contribution is 14.0. The molecule has 1 aromatic rings. The summed E-state index contributed by atoms with van der Waals surface area (Å²) in [6.45, 7) is 4.21. The summed E-state index contributed by atoms with van der Waals surface area (Å²) in [5, 5.41) is 6.68. The van der Waals surface area contributed by atoms with Crippen LogP contribution in [0.15, 0.2) is 23.2 Å². The van der Waals surface area contributed by atoms with E-state index in [2.05, 4.69) is 15.6 Å². The highest BCUT2D eigenvalue weighted by Crippen LogP contribution is 2.21. The van der Waals surface area contributed by atoms with Gasteiger partial charge in [0.1, 0.15) is 5.82 Å². The molecule has 1 aliphatic carbocycles. The van der Waals surface area contributed by atoms with E-state index in [4.69, 9.17) is 0 Å². The fraction of sp³-hybridized carbons (Fsp3) is 0.611. The third-order valence-electron chi connectivity index (χ3n) is 4.80. The lowest BCUT2D eigenvalue weighted by atomic mass is 10.1. The summed E-state index contributed by atoms with van der Waals surface area (Å²) in [6.07, 6.45) is 2.92. The van der Waals surface area contributed by atoms with Crippen molar-refractivity contribution in [3.05, 3.63) is 35.1 Å². The number of sulfone groups is 1. The van der Waals surface area contributed by atoms with Crippen LogP contribution >= 0.6 is 24.0 Å². The Morgan fingerprint density at radius 1 is 1.35 bits per heavy atom. The molecule has 1 heterocycles. The molecule has 0 spiro atoms. The molecule has 2 fully saturated rings. The van der Waals surface area contributed by atoms with E-state index < -0.39 is 9.84 Å². The molecule has 8 heteroatoms. The maximum Gasteiger partial charge on any atom is 0.191 e. The normalized spacial score (nSPS) is 23.2. The van der Waals surface area contributed by atoms with Gasteiger partial charge in [0.25, 0.3) is 0 Å². The number of benzene rings is 1. The standard InChI is InChI=1S/C18H26FN3O2S.HI/c1-12-3-4-15(9-17(12)19)13(2)21-18(22-16-5-6-16)20-10-14-7-8-25(23,24)11-14;/h3-4,9,13-14,16H,5-8,10-11H2,1-2H3,(H2,20,21,22);1H. The summed E-state index contributed by atoms with van der Waals surface area (Å²) in [5.41, 5.74) is 1.49. The van der Waals surface area contributed by atoms with Crippen LogP contribution in [-0.4, -0.2) is 38.5 Å². The van der Waals surface area contributed by atoms with E-state index >= 15 is 0 Å². The molecule has 0 aromatic heterocycles. The van der Waals surface area contributed by atoms with Gasteiger partial charge < -0.3 is 10.6 Å². The van der Waals surface area contributed by atoms with Gasteiger partial charge in [-0.2, -0.15) is 0 Å². The summed E-state index contributed by atoms with van der Waals surface area (Å²) in [4.78, 5) is 4.59. The quantitative estimate of drug-likeness (QED) is 0.375. The first-order valence-corrected chi connectivity index (χ1v) is 10.7. The van der Waals surface area contributed by atoms with Gasteiger partial charge in [-0.1, -0.05) is 12.1 Å². The topological polar surface area (TPSA) is 70.6 Å². The van der Waals surface area contributed by atoms with Crippen LogP contribution < -0.4 is 10.6 Å². The van der Waals surface area contributed by atoms with Gasteiger partial charge in [0, 0.05) is 12.6 Å². The first-order valence-electron chi connectivity index (χ1n) is 8.86. The Hall–Kier alpha value is -0.900. The third-order valence-corrected chi connectivity index (χ3v) is 6.64. The summed E-state index contributed by atoms with van der Waals surface area (Å²) >= 11 is 0. The lowest BCUT2D eigenvalue weighted by molar-refractivity contribution is 0.586. The molecule has 5 nitrogen and oxygen atoms in total. The first kappa shape index (κ1) is 21.4. The predicted molar refractivity (Wildman–Crippen MR) is 113 cm³/mol. The molecule has 2 N–H and O–H groups in total. The number of halogens is 2. The summed E-state index contributed by atoms with van der Waals surface area (Å²) < 4.78 is 37.0. The second kappa shape index (κ2) is 8.86. The number of guanidine groups is 1. The molecule has 0 radical (unpaired) electrons. The number of nitrogens with one attached hydrogen (secondary N) is 2. The van der Waals surface area contributed by atoms with Crippen molar-refractivity contribution >= 4 is 39.8 Å². The van der Waals surface area contributed by atoms with Crippen LogP contribution in [-0.2, 0) is 9.84 Å². The fourth-order valence-electron chi connectivity index (χ4n) is 2.96. The van der Waals surface area contributed by atoms with Crippen molar-refractivity contribution in [2.45, 2.75) is 45.2 Å². The Labute approximate surface area is 172 Å². The van der Waals surface area contributed by atoms with Crippen LogP contribution in [0.4, 0.5) is 4.39 Å². The van der Waals surface area contributed by atoms with Crippen LogP contribution in [0, 0.1) is 18.7 Å². The molecule has 3 rings (SSSR count). The Morgan fingerprint density at radius 3 is 2.65 bits per heavy atom. The average molecular weight is 495 g/mol. The van der Waals surface area contributed by atoms with Crippen LogP contribution in [0.25, 0.3) is 0 Å². The molecule has 0 amide bonds. The molecular formula is C18H27FIN3O2S. The smallest absolute Gasteiger partial charge is 0.191 e. The lowest BCUT2D eigenvalue weighted by Gasteiger charge is -2.19. The van der Waals surface area contributed by atoms with Gasteiger partial charge in [0.2, 0.25) is 0 Å². The molecule has 1 aliphatic heterocycles. The van der Waals surface area contributed by atoms with Crippen molar-refractivity contribution in [2.24, 2.45) is 10.9 Å². The van der Waals surface area contributed by atoms with Crippen LogP contribution in [0.1, 0.15) is 43.4 Å². The minimum absolute atomic E-state index is 0. The zero-order valence-corrected chi connectivity index (χ0v) is 18.3. The van der Waals surface area contributed by atoms with Crippen molar-refractivity contribution in [3.8, 4) is 0 Å². The van der Waals surface area contributed by atoms with Crippen molar-refractivity contribution in [1.29, 1.82) is 0 Å². The molecular weight excluding hydrogens is 468 g/mol. The van der Waals surface area contributed by atoms with Crippen molar-refractivity contribution < 1.29 is 12.8 Å². The van der Waals surface area contributed by atoms with E-state index in [0.717, 1.165) is 18.4 Å². The van der Waals surface area contributed by atoms with Crippen LogP contribution in [0.5, 0.6) is 0 Å². The second-order valence-corrected chi connectivity index (χ2v) is 9.48. The van der Waals surface area contributed by atoms with Crippen LogP contribution in [0.2, 0.25) is 0 Å². The zero-order chi connectivity index (χ0) is 18.0. The van der Waals surface area contributed by atoms with E-state index in [1.165, 1.54) is 0 Å². The maximum absolute atomic E-state index is 13.8. The Balaban J connectivity index is 0.00000243. The fourth-order valence-corrected chi connectivity index (χ4v) is 4.81. The lowest BCUT2D eigenvalue weighted by Crippen LogP contribution is -2.40. The Bertz CT molecular complexity index is 766. The molecule has 2 aliphatic rings. The number of hydrogen-bond acceptors (Lipinski definition) is 3. The van der Waals surface area contributed by atoms with E-state index in [1.54, 1.807) is 19.1 Å². The number of aliphatic imine (C=N–C) groups is 1. The minimum atomic E-state index is -2.88. The summed E-state index contributed by atoms with van der Waals surface area (Å²) in [7, 11) is -2.88. The summed E-state index contributed by atoms with van der Waals surface area (Å²) in [5.74, 6) is 1.06. The van der Waals surface area contributed by atoms with Crippen LogP contribution in [0.3, 0.4) is 0 Å². The van der Waals surface area contributed by atoms with Crippen molar-refractivity contribution in [3.63, 3.8) is 0 Å². The molecule has 26 heavy (non-hydrogen) atoms. The van der Waals surface area contributed by atoms with Gasteiger partial charge in [-0.15, -0.1) is 24.0 Å². The molecule has 1 saturated heterocycles. The van der Waals surface area contributed by atoms with E-state index in [0.29, 0.717) is 30.5 Å². The van der Waals surface area contributed by atoms with Gasteiger partial charge in [-0.25, -0.2) is 12.8 Å². The van der Waals surface area contributed by atoms with Crippen molar-refractivity contribution in [1.82, 2.24) is 10.6 Å². The zero-order valence-electron chi connectivity index (χ0n) is 15.2. The molecule has 0 bridgehead atoms. The Morgan fingerprint density at radius 2 is 2.08 bits per heavy atom. The molecule has 146 valence electrons. The second-order valence-electron chi connectivity index (χ2n) is 7.25. The van der Waals surface area contributed by atoms with Gasteiger partial charge in [-0.3, -0.25) is 4.99 Å². The number of hydrogen-bond donors (Lipinski definition) is 2. The predicted octanol–water partition coefficient (Wildman–Crippen LogP) is 2.95. The first-order chi connectivity index (χ1) is 11.8. The molecule has 2 unspecified atom stereocenters. The van der Waals surface area contributed by atoms with Crippen molar-refractivity contribution in [2.75, 3.05) is 18.1 Å². The largest absolute Gasteiger partial charge is 0.354 e. The Kier molecular flexibility index (Phi) is 7.29. The highest BCUT2D eigenvalue weighted by Gasteiger charge is 2.28. The van der Waals surface area contributed by atoms with Gasteiger partial charge in [0.15, 0.2) is 15.8 Å². The molecule has 1 aromatic carbocycles. The third kappa shape index (κ3) is 6.07. The SMILES string of the molecule is Cc1ccc(C(C)NC(=NCC2CCS(=O)(=O)C2)NC2CC2)cc1F.I. The van der Waals surface area contributed by atoms with E-state index in [1.807, 2.05) is 13.0 Å².